The first-order chi connectivity index (χ1) is 16.1. The fourth-order valence-corrected chi connectivity index (χ4v) is 4.28. The molecule has 0 aliphatic carbocycles. The van der Waals surface area contributed by atoms with E-state index in [1.807, 2.05) is 79.3 Å². The summed E-state index contributed by atoms with van der Waals surface area (Å²) < 4.78 is 8.80. The molecule has 4 aromatic rings. The molecular weight excluding hydrogens is 414 g/mol. The highest BCUT2D eigenvalue weighted by molar-refractivity contribution is 6.47. The number of aryl methyl sites for hydroxylation is 1. The van der Waals surface area contributed by atoms with Crippen molar-refractivity contribution >= 4 is 44.9 Å². The van der Waals surface area contributed by atoms with Crippen LogP contribution in [0.5, 0.6) is 0 Å². The number of nitrogens with one attached hydrogen (secondary N) is 1. The van der Waals surface area contributed by atoms with Crippen molar-refractivity contribution in [2.24, 2.45) is 0 Å². The van der Waals surface area contributed by atoms with Crippen LogP contribution in [-0.4, -0.2) is 34.2 Å². The first-order valence-corrected chi connectivity index (χ1v) is 11.4. The minimum absolute atomic E-state index is 0.350. The monoisotopic (exact) mass is 443 g/mol. The lowest BCUT2D eigenvalue weighted by molar-refractivity contribution is -0.122. The van der Waals surface area contributed by atoms with Crippen molar-refractivity contribution in [1.29, 1.82) is 0 Å². The third-order valence-electron chi connectivity index (χ3n) is 5.68. The molecule has 5 rings (SSSR count). The van der Waals surface area contributed by atoms with Crippen molar-refractivity contribution in [1.82, 2.24) is 14.5 Å². The zero-order valence-corrected chi connectivity index (χ0v) is 19.3. The topological polar surface area (TPSA) is 65.3 Å². The summed E-state index contributed by atoms with van der Waals surface area (Å²) >= 11 is 0. The van der Waals surface area contributed by atoms with Gasteiger partial charge in [-0.3, -0.25) is 14.9 Å². The fourth-order valence-electron chi connectivity index (χ4n) is 4.28. The molecule has 0 saturated heterocycles. The number of rotatable bonds is 6. The molecule has 33 heavy (non-hydrogen) atoms. The van der Waals surface area contributed by atoms with E-state index in [4.69, 9.17) is 4.74 Å². The fraction of sp³-hybridized carbons (Fsp3) is 0.259. The van der Waals surface area contributed by atoms with Crippen LogP contribution in [0.2, 0.25) is 0 Å². The second-order valence-electron chi connectivity index (χ2n) is 7.79. The second-order valence-corrected chi connectivity index (χ2v) is 7.79. The van der Waals surface area contributed by atoms with Crippen LogP contribution in [0.25, 0.3) is 33.1 Å². The van der Waals surface area contributed by atoms with E-state index < -0.39 is 0 Å². The van der Waals surface area contributed by atoms with Gasteiger partial charge in [-0.1, -0.05) is 43.3 Å². The molecule has 0 atom stereocenters. The third kappa shape index (κ3) is 4.22. The lowest BCUT2D eigenvalue weighted by atomic mass is 10.0. The molecule has 2 amide bonds. The van der Waals surface area contributed by atoms with E-state index in [2.05, 4.69) is 22.9 Å². The van der Waals surface area contributed by atoms with Crippen molar-refractivity contribution in [3.63, 3.8) is 0 Å². The lowest BCUT2D eigenvalue weighted by Gasteiger charge is -2.07. The van der Waals surface area contributed by atoms with Gasteiger partial charge in [0.2, 0.25) is 0 Å². The second kappa shape index (κ2) is 9.88. The Labute approximate surface area is 193 Å². The number of para-hydroxylation sites is 2. The number of nitrogens with zero attached hydrogens (tertiary/aromatic N) is 2. The van der Waals surface area contributed by atoms with Gasteiger partial charge in [0.05, 0.1) is 11.1 Å². The molecule has 1 aliphatic heterocycles. The summed E-state index contributed by atoms with van der Waals surface area (Å²) in [5.74, 6) is -0.717. The number of carbonyl (C=O) groups is 2. The van der Waals surface area contributed by atoms with Crippen LogP contribution < -0.4 is 5.32 Å². The molecule has 6 nitrogen and oxygen atoms in total. The highest BCUT2D eigenvalue weighted by Crippen LogP contribution is 2.35. The van der Waals surface area contributed by atoms with E-state index in [0.717, 1.165) is 53.5 Å². The number of amides is 2. The molecule has 6 heteroatoms. The Kier molecular flexibility index (Phi) is 6.75. The maximum Gasteiger partial charge on any atom is 0.275 e. The minimum atomic E-state index is -0.367. The molecule has 1 N–H and O–H groups in total. The van der Waals surface area contributed by atoms with Gasteiger partial charge >= 0.3 is 0 Å². The summed E-state index contributed by atoms with van der Waals surface area (Å²) in [6.07, 6.45) is 4.83. The summed E-state index contributed by atoms with van der Waals surface area (Å²) in [4.78, 5) is 25.6. The van der Waals surface area contributed by atoms with Crippen molar-refractivity contribution in [3.8, 4) is 0 Å². The van der Waals surface area contributed by atoms with Crippen LogP contribution >= 0.6 is 0 Å². The molecule has 0 saturated carbocycles. The number of imide groups is 1. The smallest absolute Gasteiger partial charge is 0.275 e. The Morgan fingerprint density at radius 3 is 2.24 bits per heavy atom. The first kappa shape index (κ1) is 22.6. The number of benzene rings is 2. The number of carbonyl (C=O) groups excluding carboxylic acids is 2. The van der Waals surface area contributed by atoms with Gasteiger partial charge in [0.25, 0.3) is 11.8 Å². The lowest BCUT2D eigenvalue weighted by Crippen LogP contribution is -2.23. The molecule has 3 heterocycles. The van der Waals surface area contributed by atoms with Crippen molar-refractivity contribution in [3.05, 3.63) is 72.6 Å². The Hall–Kier alpha value is -3.64. The quantitative estimate of drug-likeness (QED) is 0.423. The molecule has 170 valence electrons. The van der Waals surface area contributed by atoms with Crippen LogP contribution in [0.4, 0.5) is 0 Å². The number of hydrogen-bond acceptors (Lipinski definition) is 3. The van der Waals surface area contributed by atoms with Crippen LogP contribution in [0.15, 0.2) is 67.0 Å². The van der Waals surface area contributed by atoms with Crippen LogP contribution in [-0.2, 0) is 20.9 Å². The molecule has 0 unspecified atom stereocenters. The van der Waals surface area contributed by atoms with E-state index in [9.17, 15) is 9.59 Å². The van der Waals surface area contributed by atoms with E-state index in [1.54, 1.807) is 0 Å². The Bertz CT molecular complexity index is 1340. The maximum absolute atomic E-state index is 12.8. The molecular formula is C27H29N3O3. The third-order valence-corrected chi connectivity index (χ3v) is 5.68. The van der Waals surface area contributed by atoms with Crippen LogP contribution in [0.3, 0.4) is 0 Å². The van der Waals surface area contributed by atoms with Gasteiger partial charge in [0, 0.05) is 48.6 Å². The van der Waals surface area contributed by atoms with Gasteiger partial charge in [-0.2, -0.15) is 0 Å². The van der Waals surface area contributed by atoms with E-state index >= 15 is 0 Å². The Morgan fingerprint density at radius 2 is 1.55 bits per heavy atom. The van der Waals surface area contributed by atoms with Gasteiger partial charge in [0.15, 0.2) is 0 Å². The predicted octanol–water partition coefficient (Wildman–Crippen LogP) is 5.07. The van der Waals surface area contributed by atoms with Crippen LogP contribution in [0.1, 0.15) is 32.8 Å². The zero-order valence-electron chi connectivity index (χ0n) is 19.3. The predicted molar refractivity (Wildman–Crippen MR) is 133 cm³/mol. The average Bonchev–Trinajstić information content (AvgIpc) is 3.48. The summed E-state index contributed by atoms with van der Waals surface area (Å²) in [5.41, 5.74) is 3.57. The normalized spacial score (nSPS) is 13.5. The Morgan fingerprint density at radius 1 is 0.848 bits per heavy atom. The average molecular weight is 444 g/mol. The molecule has 0 bridgehead atoms. The van der Waals surface area contributed by atoms with Crippen molar-refractivity contribution in [2.75, 3.05) is 13.2 Å². The molecule has 0 fully saturated rings. The summed E-state index contributed by atoms with van der Waals surface area (Å²) in [6, 6.07) is 17.8. The highest BCUT2D eigenvalue weighted by atomic mass is 16.5. The maximum atomic E-state index is 12.8. The first-order valence-electron chi connectivity index (χ1n) is 11.4. The van der Waals surface area contributed by atoms with Gasteiger partial charge in [0.1, 0.15) is 5.70 Å². The Balaban J connectivity index is 0.000000471. The number of hydrogen-bond donors (Lipinski definition) is 1. The minimum Gasteiger partial charge on any atom is -0.382 e. The van der Waals surface area contributed by atoms with Crippen molar-refractivity contribution in [2.45, 2.75) is 33.7 Å². The largest absolute Gasteiger partial charge is 0.382 e. The highest BCUT2D eigenvalue weighted by Gasteiger charge is 2.34. The van der Waals surface area contributed by atoms with Gasteiger partial charge in [-0.25, -0.2) is 0 Å². The van der Waals surface area contributed by atoms with Gasteiger partial charge < -0.3 is 13.9 Å². The van der Waals surface area contributed by atoms with Gasteiger partial charge in [-0.05, 0) is 43.9 Å². The zero-order chi connectivity index (χ0) is 23.4. The van der Waals surface area contributed by atoms with E-state index in [0.29, 0.717) is 11.3 Å². The van der Waals surface area contributed by atoms with Crippen LogP contribution in [0, 0.1) is 0 Å². The molecule has 0 radical (unpaired) electrons. The SMILES string of the molecule is CCCn1cc(C2=C(n3ccc4ccccc43)C(=O)NC2=O)c2ccccc21.CCOCC. The van der Waals surface area contributed by atoms with E-state index in [1.165, 1.54) is 0 Å². The molecule has 1 aliphatic rings. The molecule has 2 aromatic heterocycles. The number of aromatic nitrogens is 2. The summed E-state index contributed by atoms with van der Waals surface area (Å²) in [7, 11) is 0. The molecule has 0 spiro atoms. The molecule has 2 aromatic carbocycles. The summed E-state index contributed by atoms with van der Waals surface area (Å²) in [5, 5.41) is 4.49. The standard InChI is InChI=1S/C23H19N3O2.C4H10O/c1-2-12-25-14-17(16-8-4-6-10-19(16)25)20-21(23(28)24-22(20)27)26-13-11-15-7-3-5-9-18(15)26;1-3-5-4-2/h3-11,13-14H,2,12H2,1H3,(H,24,27,28);3-4H2,1-2H3. The van der Waals surface area contributed by atoms with Gasteiger partial charge in [-0.15, -0.1) is 0 Å². The number of ether oxygens (including phenoxy) is 1. The summed E-state index contributed by atoms with van der Waals surface area (Å²) in [6.45, 7) is 8.64. The number of fused-ring (bicyclic) bond motifs is 2. The van der Waals surface area contributed by atoms with Crippen molar-refractivity contribution < 1.29 is 14.3 Å². The van der Waals surface area contributed by atoms with E-state index in [-0.39, 0.29) is 11.8 Å².